The minimum atomic E-state index is 0.547. The Morgan fingerprint density at radius 2 is 0.860 bits per heavy atom. The predicted molar refractivity (Wildman–Crippen MR) is 202 cm³/mol. The summed E-state index contributed by atoms with van der Waals surface area (Å²) in [6.45, 7) is 0. The van der Waals surface area contributed by atoms with Crippen molar-refractivity contribution in [3.63, 3.8) is 0 Å². The molecule has 234 valence electrons. The van der Waals surface area contributed by atoms with Crippen molar-refractivity contribution in [2.75, 3.05) is 0 Å². The van der Waals surface area contributed by atoms with Crippen LogP contribution in [0.3, 0.4) is 0 Å². The fourth-order valence-electron chi connectivity index (χ4n) is 6.85. The molecule has 3 aromatic heterocycles. The molecule has 0 amide bonds. The van der Waals surface area contributed by atoms with E-state index in [9.17, 15) is 0 Å². The zero-order valence-electron chi connectivity index (χ0n) is 26.7. The van der Waals surface area contributed by atoms with E-state index in [1.54, 1.807) is 0 Å². The zero-order valence-corrected chi connectivity index (χ0v) is 26.7. The lowest BCUT2D eigenvalue weighted by Gasteiger charge is -2.09. The first kappa shape index (κ1) is 28.2. The monoisotopic (exact) mass is 641 g/mol. The standard InChI is InChI=1S/C45H27N3O2/c1-3-10-28(11-4-1)29-18-20-30(21-19-29)32-23-25-40-38(26-32)35-24-22-33(27-41(35)49-40)44-46-43(31-12-5-2-6-13-31)47-45(48-44)37-16-9-15-36-34-14-7-8-17-39(34)50-42(36)37/h1-27H. The second-order valence-corrected chi connectivity index (χ2v) is 12.4. The smallest absolute Gasteiger partial charge is 0.167 e. The molecule has 0 saturated heterocycles. The zero-order chi connectivity index (χ0) is 33.0. The molecule has 0 atom stereocenters. The van der Waals surface area contributed by atoms with E-state index in [0.717, 1.165) is 71.7 Å². The average Bonchev–Trinajstić information content (AvgIpc) is 3.76. The van der Waals surface area contributed by atoms with Crippen molar-refractivity contribution < 1.29 is 8.83 Å². The van der Waals surface area contributed by atoms with Crippen molar-refractivity contribution in [2.24, 2.45) is 0 Å². The normalized spacial score (nSPS) is 11.6. The largest absolute Gasteiger partial charge is 0.456 e. The highest BCUT2D eigenvalue weighted by atomic mass is 16.3. The van der Waals surface area contributed by atoms with Crippen LogP contribution in [0.2, 0.25) is 0 Å². The number of rotatable bonds is 5. The van der Waals surface area contributed by atoms with Gasteiger partial charge in [0.05, 0.1) is 5.56 Å². The Morgan fingerprint density at radius 1 is 0.300 bits per heavy atom. The van der Waals surface area contributed by atoms with Crippen LogP contribution < -0.4 is 0 Å². The van der Waals surface area contributed by atoms with Crippen molar-refractivity contribution in [1.82, 2.24) is 15.0 Å². The molecule has 0 aliphatic heterocycles. The second-order valence-electron chi connectivity index (χ2n) is 12.4. The third-order valence-corrected chi connectivity index (χ3v) is 9.37. The fourth-order valence-corrected chi connectivity index (χ4v) is 6.85. The second kappa shape index (κ2) is 11.4. The summed E-state index contributed by atoms with van der Waals surface area (Å²) >= 11 is 0. The summed E-state index contributed by atoms with van der Waals surface area (Å²) in [6, 6.07) is 55.9. The third-order valence-electron chi connectivity index (χ3n) is 9.37. The molecule has 10 aromatic rings. The highest BCUT2D eigenvalue weighted by Crippen LogP contribution is 2.38. The third kappa shape index (κ3) is 4.75. The molecule has 0 aliphatic carbocycles. The topological polar surface area (TPSA) is 65.0 Å². The van der Waals surface area contributed by atoms with Crippen LogP contribution in [-0.4, -0.2) is 15.0 Å². The van der Waals surface area contributed by atoms with E-state index < -0.39 is 0 Å². The Hall–Kier alpha value is -6.85. The van der Waals surface area contributed by atoms with Gasteiger partial charge in [-0.15, -0.1) is 0 Å². The van der Waals surface area contributed by atoms with Crippen molar-refractivity contribution in [1.29, 1.82) is 0 Å². The number of para-hydroxylation sites is 2. The van der Waals surface area contributed by atoms with E-state index in [4.69, 9.17) is 23.8 Å². The van der Waals surface area contributed by atoms with Gasteiger partial charge in [-0.1, -0.05) is 127 Å². The highest BCUT2D eigenvalue weighted by Gasteiger charge is 2.18. The van der Waals surface area contributed by atoms with Crippen LogP contribution in [0.1, 0.15) is 0 Å². The van der Waals surface area contributed by atoms with Gasteiger partial charge >= 0.3 is 0 Å². The first-order chi connectivity index (χ1) is 24.7. The van der Waals surface area contributed by atoms with Gasteiger partial charge in [0, 0.05) is 32.7 Å². The summed E-state index contributed by atoms with van der Waals surface area (Å²) in [6.07, 6.45) is 0. The molecule has 50 heavy (non-hydrogen) atoms. The molecule has 5 heteroatoms. The van der Waals surface area contributed by atoms with Gasteiger partial charge in [0.15, 0.2) is 17.5 Å². The van der Waals surface area contributed by atoms with Gasteiger partial charge in [0.1, 0.15) is 22.3 Å². The van der Waals surface area contributed by atoms with Crippen molar-refractivity contribution in [3.8, 4) is 56.4 Å². The molecule has 0 aliphatic rings. The van der Waals surface area contributed by atoms with E-state index in [-0.39, 0.29) is 0 Å². The number of hydrogen-bond donors (Lipinski definition) is 0. The SMILES string of the molecule is c1ccc(-c2ccc(-c3ccc4oc5cc(-c6nc(-c7ccccc7)nc(-c7cccc8c7oc7ccccc78)n6)ccc5c4c3)cc2)cc1. The number of furan rings is 2. The lowest BCUT2D eigenvalue weighted by atomic mass is 9.99. The minimum Gasteiger partial charge on any atom is -0.456 e. The Morgan fingerprint density at radius 3 is 1.66 bits per heavy atom. The summed E-state index contributed by atoms with van der Waals surface area (Å²) in [5.74, 6) is 1.70. The Balaban J connectivity index is 1.08. The molecule has 7 aromatic carbocycles. The van der Waals surface area contributed by atoms with Crippen molar-refractivity contribution in [2.45, 2.75) is 0 Å². The van der Waals surface area contributed by atoms with E-state index in [1.165, 1.54) is 11.1 Å². The summed E-state index contributed by atoms with van der Waals surface area (Å²) in [4.78, 5) is 15.0. The Bertz CT molecular complexity index is 2850. The van der Waals surface area contributed by atoms with Crippen LogP contribution in [0, 0.1) is 0 Å². The molecule has 3 heterocycles. The van der Waals surface area contributed by atoms with Gasteiger partial charge in [-0.25, -0.2) is 15.0 Å². The predicted octanol–water partition coefficient (Wildman–Crippen LogP) is 12.0. The Labute approximate surface area is 287 Å². The maximum Gasteiger partial charge on any atom is 0.167 e. The molecular formula is C45H27N3O2. The molecule has 0 spiro atoms. The van der Waals surface area contributed by atoms with Crippen molar-refractivity contribution >= 4 is 43.9 Å². The quantitative estimate of drug-likeness (QED) is 0.187. The van der Waals surface area contributed by atoms with Crippen molar-refractivity contribution in [3.05, 3.63) is 164 Å². The Kier molecular flexibility index (Phi) is 6.42. The molecule has 0 radical (unpaired) electrons. The van der Waals surface area contributed by atoms with E-state index in [0.29, 0.717) is 17.5 Å². The van der Waals surface area contributed by atoms with Gasteiger partial charge in [0.25, 0.3) is 0 Å². The van der Waals surface area contributed by atoms with E-state index in [2.05, 4.69) is 91.0 Å². The summed E-state index contributed by atoms with van der Waals surface area (Å²) in [7, 11) is 0. The highest BCUT2D eigenvalue weighted by molar-refractivity contribution is 6.09. The van der Waals surface area contributed by atoms with Gasteiger partial charge < -0.3 is 8.83 Å². The number of aromatic nitrogens is 3. The van der Waals surface area contributed by atoms with Crippen LogP contribution in [0.15, 0.2) is 173 Å². The molecule has 0 unspecified atom stereocenters. The van der Waals surface area contributed by atoms with Gasteiger partial charge in [-0.05, 0) is 58.7 Å². The lowest BCUT2D eigenvalue weighted by molar-refractivity contribution is 0.668. The van der Waals surface area contributed by atoms with Gasteiger partial charge in [-0.3, -0.25) is 0 Å². The van der Waals surface area contributed by atoms with E-state index >= 15 is 0 Å². The summed E-state index contributed by atoms with van der Waals surface area (Å²) in [5, 5.41) is 4.19. The number of nitrogens with zero attached hydrogens (tertiary/aromatic N) is 3. The molecular weight excluding hydrogens is 615 g/mol. The average molecular weight is 642 g/mol. The molecule has 10 rings (SSSR count). The van der Waals surface area contributed by atoms with Crippen LogP contribution in [-0.2, 0) is 0 Å². The summed E-state index contributed by atoms with van der Waals surface area (Å²) < 4.78 is 12.8. The molecule has 0 bridgehead atoms. The van der Waals surface area contributed by atoms with Gasteiger partial charge in [0.2, 0.25) is 0 Å². The van der Waals surface area contributed by atoms with Crippen LogP contribution >= 0.6 is 0 Å². The lowest BCUT2D eigenvalue weighted by Crippen LogP contribution is -2.00. The number of hydrogen-bond acceptors (Lipinski definition) is 5. The molecule has 5 nitrogen and oxygen atoms in total. The number of fused-ring (bicyclic) bond motifs is 6. The molecule has 0 N–H and O–H groups in total. The fraction of sp³-hybridized carbons (Fsp3) is 0. The molecule has 0 fully saturated rings. The van der Waals surface area contributed by atoms with Crippen LogP contribution in [0.4, 0.5) is 0 Å². The minimum absolute atomic E-state index is 0.547. The number of benzene rings is 7. The van der Waals surface area contributed by atoms with Crippen LogP contribution in [0.5, 0.6) is 0 Å². The van der Waals surface area contributed by atoms with E-state index in [1.807, 2.05) is 72.8 Å². The van der Waals surface area contributed by atoms with Gasteiger partial charge in [-0.2, -0.15) is 0 Å². The van der Waals surface area contributed by atoms with Crippen LogP contribution in [0.25, 0.3) is 100 Å². The first-order valence-electron chi connectivity index (χ1n) is 16.6. The maximum atomic E-state index is 6.42. The molecule has 0 saturated carbocycles. The maximum absolute atomic E-state index is 6.42. The first-order valence-corrected chi connectivity index (χ1v) is 16.6. The summed E-state index contributed by atoms with van der Waals surface area (Å²) in [5.41, 5.74) is 10.4.